The molecule has 0 saturated heterocycles. The van der Waals surface area contributed by atoms with E-state index in [1.54, 1.807) is 0 Å². The average Bonchev–Trinajstić information content (AvgIpc) is 2.77. The largest absolute Gasteiger partial charge is 0.207 e. The van der Waals surface area contributed by atoms with E-state index in [0.29, 0.717) is 6.07 Å². The smallest absolute Gasteiger partial charge is 0.159 e. The van der Waals surface area contributed by atoms with Crippen molar-refractivity contribution in [3.8, 4) is 22.3 Å². The van der Waals surface area contributed by atoms with Crippen LogP contribution < -0.4 is 0 Å². The van der Waals surface area contributed by atoms with E-state index in [4.69, 9.17) is 0 Å². The van der Waals surface area contributed by atoms with Gasteiger partial charge in [-0.2, -0.15) is 0 Å². The van der Waals surface area contributed by atoms with Crippen molar-refractivity contribution >= 4 is 21.5 Å². The van der Waals surface area contributed by atoms with E-state index in [9.17, 15) is 17.6 Å². The van der Waals surface area contributed by atoms with Gasteiger partial charge in [-0.05, 0) is 53.4 Å². The molecule has 0 bridgehead atoms. The third-order valence-electron chi connectivity index (χ3n) is 5.55. The fourth-order valence-electron chi connectivity index (χ4n) is 4.20. The molecular weight excluding hydrogens is 445 g/mol. The van der Waals surface area contributed by atoms with Crippen LogP contribution in [-0.2, 0) is 0 Å². The Hall–Kier alpha value is -3.87. The summed E-state index contributed by atoms with van der Waals surface area (Å²) in [5.74, 6) is -7.21. The van der Waals surface area contributed by atoms with Crippen molar-refractivity contribution in [3.05, 3.63) is 107 Å². The Labute approximate surface area is 182 Å². The fourth-order valence-corrected chi connectivity index (χ4v) is 4.20. The molecule has 0 fully saturated rings. The van der Waals surface area contributed by atoms with Gasteiger partial charge in [0.2, 0.25) is 0 Å². The first kappa shape index (κ1) is 21.0. The van der Waals surface area contributed by atoms with Crippen LogP contribution in [0.5, 0.6) is 0 Å². The lowest BCUT2D eigenvalue weighted by Crippen LogP contribution is -1.99. The summed E-state index contributed by atoms with van der Waals surface area (Å²) in [6, 6.07) is 10.5. The van der Waals surface area contributed by atoms with Gasteiger partial charge in [0.15, 0.2) is 11.6 Å². The first-order valence-corrected chi connectivity index (χ1v) is 9.70. The molecule has 0 aliphatic heterocycles. The van der Waals surface area contributed by atoms with Crippen molar-refractivity contribution in [1.29, 1.82) is 0 Å². The van der Waals surface area contributed by atoms with E-state index in [0.717, 1.165) is 48.5 Å². The predicted molar refractivity (Wildman–Crippen MR) is 112 cm³/mol. The molecule has 33 heavy (non-hydrogen) atoms. The third-order valence-corrected chi connectivity index (χ3v) is 5.55. The van der Waals surface area contributed by atoms with Crippen LogP contribution >= 0.6 is 0 Å². The number of benzene rings is 5. The molecule has 0 spiro atoms. The molecule has 0 atom stereocenters. The van der Waals surface area contributed by atoms with Crippen molar-refractivity contribution in [2.45, 2.75) is 0 Å². The Morgan fingerprint density at radius 1 is 0.424 bits per heavy atom. The minimum Gasteiger partial charge on any atom is -0.207 e. The molecule has 0 nitrogen and oxygen atoms in total. The Bertz CT molecular complexity index is 1590. The van der Waals surface area contributed by atoms with E-state index >= 15 is 13.2 Å². The van der Waals surface area contributed by atoms with Crippen LogP contribution in [0.4, 0.5) is 30.7 Å². The van der Waals surface area contributed by atoms with Gasteiger partial charge in [-0.25, -0.2) is 30.7 Å². The summed E-state index contributed by atoms with van der Waals surface area (Å²) < 4.78 is 102. The molecule has 5 rings (SSSR count). The molecule has 0 N–H and O–H groups in total. The second-order valence-corrected chi connectivity index (χ2v) is 7.44. The SMILES string of the molecule is Fc1ccc(-c2c3cccc(F)c3c(-c3ccc(F)c(F)c3)c3c(F)ccc(F)c23)c(F)c1. The second-order valence-electron chi connectivity index (χ2n) is 7.44. The highest BCUT2D eigenvalue weighted by atomic mass is 19.2. The molecular formula is C26H11F7. The van der Waals surface area contributed by atoms with Crippen LogP contribution in [0.1, 0.15) is 0 Å². The van der Waals surface area contributed by atoms with E-state index in [1.807, 2.05) is 0 Å². The Morgan fingerprint density at radius 2 is 1.06 bits per heavy atom. The molecule has 0 aliphatic rings. The van der Waals surface area contributed by atoms with Crippen LogP contribution in [-0.4, -0.2) is 0 Å². The van der Waals surface area contributed by atoms with Gasteiger partial charge in [0.05, 0.1) is 0 Å². The van der Waals surface area contributed by atoms with Crippen molar-refractivity contribution in [1.82, 2.24) is 0 Å². The summed E-state index contributed by atoms with van der Waals surface area (Å²) in [5, 5.41) is -1.12. The number of hydrogen-bond acceptors (Lipinski definition) is 0. The molecule has 5 aromatic carbocycles. The van der Waals surface area contributed by atoms with E-state index in [2.05, 4.69) is 0 Å². The molecule has 164 valence electrons. The highest BCUT2D eigenvalue weighted by Gasteiger charge is 2.25. The maximum absolute atomic E-state index is 15.2. The fraction of sp³-hybridized carbons (Fsp3) is 0. The van der Waals surface area contributed by atoms with Crippen LogP contribution in [0, 0.1) is 40.7 Å². The minimum absolute atomic E-state index is 0.0164. The minimum atomic E-state index is -1.27. The van der Waals surface area contributed by atoms with Gasteiger partial charge < -0.3 is 0 Å². The number of halogens is 7. The molecule has 0 unspecified atom stereocenters. The molecule has 0 radical (unpaired) electrons. The molecule has 0 aliphatic carbocycles. The van der Waals surface area contributed by atoms with Crippen molar-refractivity contribution < 1.29 is 30.7 Å². The first-order valence-electron chi connectivity index (χ1n) is 9.70. The van der Waals surface area contributed by atoms with Crippen LogP contribution in [0.2, 0.25) is 0 Å². The lowest BCUT2D eigenvalue weighted by molar-refractivity contribution is 0.509. The van der Waals surface area contributed by atoms with Crippen LogP contribution in [0.3, 0.4) is 0 Å². The summed E-state index contributed by atoms with van der Waals surface area (Å²) in [6.07, 6.45) is 0. The highest BCUT2D eigenvalue weighted by Crippen LogP contribution is 2.46. The molecule has 5 aromatic rings. The Kier molecular flexibility index (Phi) is 4.85. The van der Waals surface area contributed by atoms with Crippen molar-refractivity contribution in [3.63, 3.8) is 0 Å². The van der Waals surface area contributed by atoms with E-state index in [-0.39, 0.29) is 33.0 Å². The quantitative estimate of drug-likeness (QED) is 0.185. The molecule has 7 heteroatoms. The lowest BCUT2D eigenvalue weighted by Gasteiger charge is -2.19. The molecule has 0 saturated carbocycles. The number of fused-ring (bicyclic) bond motifs is 2. The van der Waals surface area contributed by atoms with E-state index in [1.165, 1.54) is 12.1 Å². The van der Waals surface area contributed by atoms with Gasteiger partial charge >= 0.3 is 0 Å². The standard InChI is InChI=1S/C26H11F7/c27-13-5-6-14(20(32)11-13)23-15-2-1-3-17(29)24(15)22(12-4-7-16(28)21(33)10-12)25-18(30)8-9-19(31)26(23)25/h1-11H. The predicted octanol–water partition coefficient (Wildman–Crippen LogP) is 8.30. The van der Waals surface area contributed by atoms with Gasteiger partial charge in [-0.1, -0.05) is 18.2 Å². The van der Waals surface area contributed by atoms with Gasteiger partial charge in [-0.15, -0.1) is 0 Å². The summed E-state index contributed by atoms with van der Waals surface area (Å²) in [6.45, 7) is 0. The van der Waals surface area contributed by atoms with Crippen LogP contribution in [0.25, 0.3) is 43.8 Å². The zero-order chi connectivity index (χ0) is 23.4. The Balaban J connectivity index is 2.10. The van der Waals surface area contributed by atoms with Gasteiger partial charge in [0.25, 0.3) is 0 Å². The number of rotatable bonds is 2. The second kappa shape index (κ2) is 7.62. The summed E-state index contributed by atoms with van der Waals surface area (Å²) in [7, 11) is 0. The highest BCUT2D eigenvalue weighted by molar-refractivity contribution is 6.21. The summed E-state index contributed by atoms with van der Waals surface area (Å²) in [4.78, 5) is 0. The molecule has 0 amide bonds. The van der Waals surface area contributed by atoms with Crippen molar-refractivity contribution in [2.75, 3.05) is 0 Å². The maximum Gasteiger partial charge on any atom is 0.159 e. The Morgan fingerprint density at radius 3 is 1.73 bits per heavy atom. The lowest BCUT2D eigenvalue weighted by atomic mass is 9.85. The van der Waals surface area contributed by atoms with Crippen LogP contribution in [0.15, 0.2) is 66.7 Å². The maximum atomic E-state index is 15.2. The normalized spacial score (nSPS) is 11.5. The van der Waals surface area contributed by atoms with Gasteiger partial charge in [0, 0.05) is 38.9 Å². The topological polar surface area (TPSA) is 0 Å². The van der Waals surface area contributed by atoms with Crippen molar-refractivity contribution in [2.24, 2.45) is 0 Å². The average molecular weight is 456 g/mol. The first-order chi connectivity index (χ1) is 15.8. The third kappa shape index (κ3) is 3.23. The molecule has 0 heterocycles. The van der Waals surface area contributed by atoms with Gasteiger partial charge in [0.1, 0.15) is 29.1 Å². The monoisotopic (exact) mass is 456 g/mol. The molecule has 0 aromatic heterocycles. The number of hydrogen-bond donors (Lipinski definition) is 0. The summed E-state index contributed by atoms with van der Waals surface area (Å²) in [5.41, 5.74) is -0.802. The van der Waals surface area contributed by atoms with E-state index < -0.39 is 51.5 Å². The zero-order valence-corrected chi connectivity index (χ0v) is 16.5. The summed E-state index contributed by atoms with van der Waals surface area (Å²) >= 11 is 0. The zero-order valence-electron chi connectivity index (χ0n) is 16.5. The van der Waals surface area contributed by atoms with Gasteiger partial charge in [-0.3, -0.25) is 0 Å².